The molecule has 110 valence electrons. The van der Waals surface area contributed by atoms with E-state index in [0.717, 1.165) is 19.3 Å². The van der Waals surface area contributed by atoms with E-state index >= 15 is 0 Å². The maximum atomic E-state index is 12.0. The van der Waals surface area contributed by atoms with Gasteiger partial charge in [-0.25, -0.2) is 9.59 Å². The van der Waals surface area contributed by atoms with Crippen LogP contribution in [0.3, 0.4) is 0 Å². The number of piperidine rings is 1. The lowest BCUT2D eigenvalue weighted by Gasteiger charge is -2.34. The van der Waals surface area contributed by atoms with Crippen LogP contribution in [0.25, 0.3) is 0 Å². The number of carboxylic acid groups (broad SMARTS) is 1. The fourth-order valence-corrected chi connectivity index (χ4v) is 2.14. The Labute approximate surface area is 113 Å². The monoisotopic (exact) mass is 272 g/mol. The van der Waals surface area contributed by atoms with Gasteiger partial charge in [0.1, 0.15) is 6.04 Å². The van der Waals surface area contributed by atoms with E-state index in [4.69, 9.17) is 5.11 Å². The summed E-state index contributed by atoms with van der Waals surface area (Å²) in [6, 6.07) is -1.24. The highest BCUT2D eigenvalue weighted by molar-refractivity contribution is 5.82. The molecule has 0 aromatic rings. The van der Waals surface area contributed by atoms with Crippen molar-refractivity contribution in [1.82, 2.24) is 10.2 Å². The Hall–Kier alpha value is -1.30. The normalized spacial score (nSPS) is 24.9. The van der Waals surface area contributed by atoms with Crippen molar-refractivity contribution in [3.05, 3.63) is 0 Å². The van der Waals surface area contributed by atoms with E-state index in [-0.39, 0.29) is 12.5 Å². The van der Waals surface area contributed by atoms with Crippen LogP contribution in [0.15, 0.2) is 0 Å². The number of carbonyl (C=O) groups excluding carboxylic acids is 1. The summed E-state index contributed by atoms with van der Waals surface area (Å²) in [7, 11) is 0. The van der Waals surface area contributed by atoms with Crippen LogP contribution in [0, 0.1) is 5.92 Å². The summed E-state index contributed by atoms with van der Waals surface area (Å²) in [6.07, 6.45) is 2.29. The molecule has 0 bridgehead atoms. The third-order valence-corrected chi connectivity index (χ3v) is 3.65. The highest BCUT2D eigenvalue weighted by Gasteiger charge is 2.29. The van der Waals surface area contributed by atoms with Crippen LogP contribution in [0.5, 0.6) is 0 Å². The van der Waals surface area contributed by atoms with E-state index in [2.05, 4.69) is 5.32 Å². The highest BCUT2D eigenvalue weighted by atomic mass is 16.4. The molecule has 19 heavy (non-hydrogen) atoms. The number of rotatable bonds is 5. The first-order chi connectivity index (χ1) is 8.95. The van der Waals surface area contributed by atoms with Crippen molar-refractivity contribution in [2.75, 3.05) is 13.1 Å². The Bertz CT molecular complexity index is 322. The number of urea groups is 1. The molecule has 0 aromatic carbocycles. The SMILES string of the molecule is CCCCC(NC(=O)N1CCC(C)C(O)C1)C(=O)O. The number of amides is 2. The lowest BCUT2D eigenvalue weighted by atomic mass is 9.96. The number of hydrogen-bond acceptors (Lipinski definition) is 3. The predicted molar refractivity (Wildman–Crippen MR) is 70.8 cm³/mol. The third-order valence-electron chi connectivity index (χ3n) is 3.65. The van der Waals surface area contributed by atoms with Crippen molar-refractivity contribution in [3.63, 3.8) is 0 Å². The molecule has 6 heteroatoms. The number of likely N-dealkylation sites (tertiary alicyclic amines) is 1. The molecule has 0 aromatic heterocycles. The van der Waals surface area contributed by atoms with Gasteiger partial charge in [0, 0.05) is 13.1 Å². The highest BCUT2D eigenvalue weighted by Crippen LogP contribution is 2.17. The lowest BCUT2D eigenvalue weighted by molar-refractivity contribution is -0.139. The number of nitrogens with one attached hydrogen (secondary N) is 1. The lowest BCUT2D eigenvalue weighted by Crippen LogP contribution is -2.53. The number of aliphatic hydroxyl groups is 1. The van der Waals surface area contributed by atoms with Gasteiger partial charge in [0.25, 0.3) is 0 Å². The molecule has 1 aliphatic heterocycles. The van der Waals surface area contributed by atoms with Crippen LogP contribution >= 0.6 is 0 Å². The van der Waals surface area contributed by atoms with E-state index in [9.17, 15) is 14.7 Å². The maximum absolute atomic E-state index is 12.0. The van der Waals surface area contributed by atoms with Crippen molar-refractivity contribution in [2.45, 2.75) is 51.7 Å². The van der Waals surface area contributed by atoms with E-state index in [1.54, 1.807) is 0 Å². The Morgan fingerprint density at radius 1 is 1.47 bits per heavy atom. The minimum absolute atomic E-state index is 0.180. The summed E-state index contributed by atoms with van der Waals surface area (Å²) in [5, 5.41) is 21.3. The van der Waals surface area contributed by atoms with Crippen LogP contribution in [-0.4, -0.2) is 52.3 Å². The van der Waals surface area contributed by atoms with Gasteiger partial charge in [-0.1, -0.05) is 26.7 Å². The summed E-state index contributed by atoms with van der Waals surface area (Å²) in [5.41, 5.74) is 0. The second-order valence-electron chi connectivity index (χ2n) is 5.26. The van der Waals surface area contributed by atoms with Crippen molar-refractivity contribution in [2.24, 2.45) is 5.92 Å². The molecule has 0 radical (unpaired) electrons. The van der Waals surface area contributed by atoms with Crippen molar-refractivity contribution in [3.8, 4) is 0 Å². The zero-order chi connectivity index (χ0) is 14.4. The maximum Gasteiger partial charge on any atom is 0.326 e. The number of carbonyl (C=O) groups is 2. The number of carboxylic acids is 1. The molecule has 0 aliphatic carbocycles. The number of unbranched alkanes of at least 4 members (excludes halogenated alkanes) is 1. The van der Waals surface area contributed by atoms with Gasteiger partial charge in [-0.15, -0.1) is 0 Å². The summed E-state index contributed by atoms with van der Waals surface area (Å²) in [6.45, 7) is 4.75. The van der Waals surface area contributed by atoms with Gasteiger partial charge >= 0.3 is 12.0 Å². The molecule has 3 atom stereocenters. The summed E-state index contributed by atoms with van der Waals surface area (Å²) in [4.78, 5) is 24.5. The summed E-state index contributed by atoms with van der Waals surface area (Å²) < 4.78 is 0. The first kappa shape index (κ1) is 15.8. The predicted octanol–water partition coefficient (Wildman–Crippen LogP) is 1.04. The number of hydrogen-bond donors (Lipinski definition) is 3. The van der Waals surface area contributed by atoms with Gasteiger partial charge in [0.05, 0.1) is 6.10 Å². The number of aliphatic hydroxyl groups excluding tert-OH is 1. The minimum Gasteiger partial charge on any atom is -0.480 e. The van der Waals surface area contributed by atoms with Crippen molar-refractivity contribution in [1.29, 1.82) is 0 Å². The molecule has 6 nitrogen and oxygen atoms in total. The Balaban J connectivity index is 2.50. The zero-order valence-corrected chi connectivity index (χ0v) is 11.6. The number of aliphatic carboxylic acids is 1. The average Bonchev–Trinajstić information content (AvgIpc) is 2.37. The molecule has 2 amide bonds. The van der Waals surface area contributed by atoms with Gasteiger partial charge in [-0.05, 0) is 18.8 Å². The van der Waals surface area contributed by atoms with Crippen LogP contribution in [0.2, 0.25) is 0 Å². The largest absolute Gasteiger partial charge is 0.480 e. The van der Waals surface area contributed by atoms with Crippen molar-refractivity contribution >= 4 is 12.0 Å². The van der Waals surface area contributed by atoms with E-state index in [1.165, 1.54) is 4.90 Å². The van der Waals surface area contributed by atoms with Gasteiger partial charge in [-0.3, -0.25) is 0 Å². The third kappa shape index (κ3) is 4.70. The van der Waals surface area contributed by atoms with Crippen molar-refractivity contribution < 1.29 is 19.8 Å². The standard InChI is InChI=1S/C13H24N2O4/c1-3-4-5-10(12(17)18)14-13(19)15-7-6-9(2)11(16)8-15/h9-11,16H,3-8H2,1-2H3,(H,14,19)(H,17,18). The van der Waals surface area contributed by atoms with Crippen LogP contribution in [0.4, 0.5) is 4.79 Å². The zero-order valence-electron chi connectivity index (χ0n) is 11.6. The fraction of sp³-hybridized carbons (Fsp3) is 0.846. The quantitative estimate of drug-likeness (QED) is 0.697. The molecule has 1 heterocycles. The summed E-state index contributed by atoms with van der Waals surface area (Å²) >= 11 is 0. The molecule has 3 N–H and O–H groups in total. The number of nitrogens with zero attached hydrogens (tertiary/aromatic N) is 1. The van der Waals surface area contributed by atoms with E-state index < -0.39 is 24.1 Å². The minimum atomic E-state index is -1.01. The molecular formula is C13H24N2O4. The smallest absolute Gasteiger partial charge is 0.326 e. The van der Waals surface area contributed by atoms with Crippen LogP contribution in [-0.2, 0) is 4.79 Å². The first-order valence-electron chi connectivity index (χ1n) is 6.92. The molecule has 1 aliphatic rings. The average molecular weight is 272 g/mol. The summed E-state index contributed by atoms with van der Waals surface area (Å²) in [5.74, 6) is -0.827. The van der Waals surface area contributed by atoms with E-state index in [0.29, 0.717) is 13.0 Å². The first-order valence-corrected chi connectivity index (χ1v) is 6.92. The second-order valence-corrected chi connectivity index (χ2v) is 5.26. The van der Waals surface area contributed by atoms with Gasteiger partial charge in [-0.2, -0.15) is 0 Å². The van der Waals surface area contributed by atoms with Crippen LogP contribution < -0.4 is 5.32 Å². The Morgan fingerprint density at radius 2 is 2.16 bits per heavy atom. The molecule has 0 spiro atoms. The molecular weight excluding hydrogens is 248 g/mol. The number of β-amino-alcohol motifs (C(OH)–C–C–N with tert-alkyl or cyclic N) is 1. The second kappa shape index (κ2) is 7.33. The fourth-order valence-electron chi connectivity index (χ4n) is 2.14. The van der Waals surface area contributed by atoms with Crippen LogP contribution in [0.1, 0.15) is 39.5 Å². The van der Waals surface area contributed by atoms with Gasteiger partial charge in [0.2, 0.25) is 0 Å². The Kier molecular flexibility index (Phi) is 6.08. The molecule has 3 unspecified atom stereocenters. The van der Waals surface area contributed by atoms with Gasteiger partial charge < -0.3 is 20.4 Å². The molecule has 1 fully saturated rings. The molecule has 1 saturated heterocycles. The molecule has 0 saturated carbocycles. The van der Waals surface area contributed by atoms with Gasteiger partial charge in [0.15, 0.2) is 0 Å². The van der Waals surface area contributed by atoms with E-state index in [1.807, 2.05) is 13.8 Å². The Morgan fingerprint density at radius 3 is 2.68 bits per heavy atom. The topological polar surface area (TPSA) is 89.9 Å². The molecule has 1 rings (SSSR count).